The molecule has 0 radical (unpaired) electrons. The number of carbonyl (C=O) groups is 2. The zero-order chi connectivity index (χ0) is 18.0. The molecule has 0 aromatic heterocycles. The molecule has 7 nitrogen and oxygen atoms in total. The van der Waals surface area contributed by atoms with Crippen LogP contribution in [0.15, 0.2) is 29.2 Å². The summed E-state index contributed by atoms with van der Waals surface area (Å²) in [6.07, 6.45) is 1.53. The van der Waals surface area contributed by atoms with Gasteiger partial charge in [-0.15, -0.1) is 0 Å². The topological polar surface area (TPSA) is 104 Å². The first kappa shape index (κ1) is 18.1. The quantitative estimate of drug-likeness (QED) is 0.341. The van der Waals surface area contributed by atoms with E-state index < -0.39 is 22.2 Å². The van der Waals surface area contributed by atoms with Crippen molar-refractivity contribution in [1.29, 1.82) is 0 Å². The molecule has 0 bridgehead atoms. The summed E-state index contributed by atoms with van der Waals surface area (Å²) in [5.41, 5.74) is 0.412. The molecule has 1 aliphatic heterocycles. The molecule has 1 aromatic rings. The van der Waals surface area contributed by atoms with E-state index in [0.717, 1.165) is 16.7 Å². The molecule has 126 valence electrons. The number of aliphatic carboxylic acids is 1. The Morgan fingerprint density at radius 3 is 2.62 bits per heavy atom. The van der Waals surface area contributed by atoms with Crippen molar-refractivity contribution in [2.24, 2.45) is 5.92 Å². The maximum atomic E-state index is 12.2. The highest BCUT2D eigenvalue weighted by Crippen LogP contribution is 2.36. The Balaban J connectivity index is 2.36. The van der Waals surface area contributed by atoms with Crippen LogP contribution in [0.1, 0.15) is 19.4 Å². The SMILES string of the molecule is CC(C)[C@@H](C(=O)[O-])N1C(=O)S/C(=C\c2cccc([N+](=O)[O-])c2)C1=S. The first-order chi connectivity index (χ1) is 11.2. The number of nitro benzene ring substituents is 1. The average Bonchev–Trinajstić information content (AvgIpc) is 2.75. The zero-order valence-corrected chi connectivity index (χ0v) is 14.4. The third-order valence-corrected chi connectivity index (χ3v) is 4.80. The van der Waals surface area contributed by atoms with Crippen molar-refractivity contribution in [1.82, 2.24) is 4.90 Å². The van der Waals surface area contributed by atoms with E-state index in [1.54, 1.807) is 19.9 Å². The van der Waals surface area contributed by atoms with Crippen LogP contribution in [-0.2, 0) is 4.79 Å². The Kier molecular flexibility index (Phi) is 5.35. The lowest BCUT2D eigenvalue weighted by atomic mass is 10.0. The highest BCUT2D eigenvalue weighted by Gasteiger charge is 2.38. The van der Waals surface area contributed by atoms with E-state index in [-0.39, 0.29) is 16.6 Å². The first-order valence-electron chi connectivity index (χ1n) is 6.94. The number of benzene rings is 1. The fraction of sp³-hybridized carbons (Fsp3) is 0.267. The lowest BCUT2D eigenvalue weighted by molar-refractivity contribution is -0.384. The number of thiocarbonyl (C=S) groups is 1. The molecule has 0 saturated carbocycles. The summed E-state index contributed by atoms with van der Waals surface area (Å²) in [5.74, 6) is -1.76. The summed E-state index contributed by atoms with van der Waals surface area (Å²) in [5, 5.41) is 21.7. The number of carbonyl (C=O) groups excluding carboxylic acids is 2. The normalized spacial score (nSPS) is 17.6. The Labute approximate surface area is 147 Å². The number of rotatable bonds is 5. The van der Waals surface area contributed by atoms with E-state index in [9.17, 15) is 24.8 Å². The molecule has 1 aliphatic rings. The van der Waals surface area contributed by atoms with Crippen LogP contribution in [0.3, 0.4) is 0 Å². The van der Waals surface area contributed by atoms with Gasteiger partial charge in [-0.25, -0.2) is 0 Å². The number of thioether (sulfide) groups is 1. The minimum Gasteiger partial charge on any atom is -0.548 e. The third-order valence-electron chi connectivity index (χ3n) is 3.35. The van der Waals surface area contributed by atoms with Gasteiger partial charge in [-0.1, -0.05) is 38.2 Å². The Hall–Kier alpha value is -2.26. The van der Waals surface area contributed by atoms with Crippen molar-refractivity contribution < 1.29 is 19.6 Å². The van der Waals surface area contributed by atoms with E-state index in [1.807, 2.05) is 0 Å². The van der Waals surface area contributed by atoms with Gasteiger partial charge in [-0.3, -0.25) is 19.8 Å². The van der Waals surface area contributed by atoms with E-state index in [2.05, 4.69) is 0 Å². The van der Waals surface area contributed by atoms with Crippen molar-refractivity contribution in [3.8, 4) is 0 Å². The van der Waals surface area contributed by atoms with Crippen LogP contribution in [0.4, 0.5) is 10.5 Å². The Morgan fingerprint density at radius 1 is 1.42 bits per heavy atom. The molecule has 9 heteroatoms. The number of non-ortho nitro benzene ring substituents is 1. The van der Waals surface area contributed by atoms with Crippen LogP contribution in [-0.4, -0.2) is 32.1 Å². The van der Waals surface area contributed by atoms with E-state index >= 15 is 0 Å². The van der Waals surface area contributed by atoms with E-state index in [0.29, 0.717) is 10.5 Å². The highest BCUT2D eigenvalue weighted by atomic mass is 32.2. The zero-order valence-electron chi connectivity index (χ0n) is 12.8. The summed E-state index contributed by atoms with van der Waals surface area (Å²) in [7, 11) is 0. The average molecular weight is 365 g/mol. The third kappa shape index (κ3) is 3.62. The number of nitro groups is 1. The molecule has 0 aliphatic carbocycles. The van der Waals surface area contributed by atoms with Gasteiger partial charge in [0.1, 0.15) is 4.99 Å². The van der Waals surface area contributed by atoms with Gasteiger partial charge in [-0.2, -0.15) is 0 Å². The van der Waals surface area contributed by atoms with Crippen molar-refractivity contribution in [2.45, 2.75) is 19.9 Å². The molecule has 1 aromatic carbocycles. The molecule has 1 saturated heterocycles. The molecular formula is C15H13N2O5S2-. The summed E-state index contributed by atoms with van der Waals surface area (Å²) in [6.45, 7) is 3.31. The molecule has 1 amide bonds. The van der Waals surface area contributed by atoms with Gasteiger partial charge in [0.05, 0.1) is 21.8 Å². The number of amides is 1. The van der Waals surface area contributed by atoms with Crippen LogP contribution in [0.25, 0.3) is 6.08 Å². The lowest BCUT2D eigenvalue weighted by Gasteiger charge is -2.30. The summed E-state index contributed by atoms with van der Waals surface area (Å²) >= 11 is 6.03. The van der Waals surface area contributed by atoms with Crippen LogP contribution >= 0.6 is 24.0 Å². The maximum Gasteiger partial charge on any atom is 0.292 e. The van der Waals surface area contributed by atoms with Gasteiger partial charge in [0.15, 0.2) is 0 Å². The maximum absolute atomic E-state index is 12.2. The van der Waals surface area contributed by atoms with Crippen LogP contribution < -0.4 is 5.11 Å². The molecule has 0 spiro atoms. The Bertz CT molecular complexity index is 760. The number of nitrogens with zero attached hydrogens (tertiary/aromatic N) is 2. The number of hydrogen-bond acceptors (Lipinski definition) is 7. The minimum atomic E-state index is -1.38. The van der Waals surface area contributed by atoms with E-state index in [4.69, 9.17) is 12.2 Å². The van der Waals surface area contributed by atoms with Gasteiger partial charge >= 0.3 is 0 Å². The largest absolute Gasteiger partial charge is 0.548 e. The second kappa shape index (κ2) is 7.10. The van der Waals surface area contributed by atoms with Gasteiger partial charge in [0.2, 0.25) is 0 Å². The molecule has 1 fully saturated rings. The van der Waals surface area contributed by atoms with Crippen LogP contribution in [0.2, 0.25) is 0 Å². The molecule has 0 N–H and O–H groups in total. The van der Waals surface area contributed by atoms with Crippen molar-refractivity contribution in [3.63, 3.8) is 0 Å². The first-order valence-corrected chi connectivity index (χ1v) is 8.17. The number of carboxylic acids is 1. The molecular weight excluding hydrogens is 352 g/mol. The molecule has 2 rings (SSSR count). The summed E-state index contributed by atoms with van der Waals surface area (Å²) < 4.78 is 0. The second-order valence-corrected chi connectivity index (χ2v) is 6.79. The predicted octanol–water partition coefficient (Wildman–Crippen LogP) is 2.21. The second-order valence-electron chi connectivity index (χ2n) is 5.41. The monoisotopic (exact) mass is 365 g/mol. The van der Waals surface area contributed by atoms with Crippen molar-refractivity contribution >= 4 is 51.9 Å². The fourth-order valence-corrected chi connectivity index (χ4v) is 3.59. The van der Waals surface area contributed by atoms with Gasteiger partial charge in [0.25, 0.3) is 10.9 Å². The molecule has 1 atom stereocenters. The standard InChI is InChI=1S/C15H14N2O5S2/c1-8(2)12(14(18)19)16-13(23)11(24-15(16)20)7-9-4-3-5-10(6-9)17(21)22/h3-8,12H,1-2H3,(H,18,19)/p-1/b11-7-/t12-/m0/s1. The number of hydrogen-bond donors (Lipinski definition) is 0. The summed E-state index contributed by atoms with van der Waals surface area (Å²) in [4.78, 5) is 35.3. The van der Waals surface area contributed by atoms with Crippen LogP contribution in [0, 0.1) is 16.0 Å². The van der Waals surface area contributed by atoms with E-state index in [1.165, 1.54) is 24.3 Å². The molecule has 0 unspecified atom stereocenters. The van der Waals surface area contributed by atoms with Gasteiger partial charge in [0, 0.05) is 12.1 Å². The fourth-order valence-electron chi connectivity index (χ4n) is 2.27. The van der Waals surface area contributed by atoms with Crippen molar-refractivity contribution in [3.05, 3.63) is 44.8 Å². The van der Waals surface area contributed by atoms with Gasteiger partial charge < -0.3 is 9.90 Å². The summed E-state index contributed by atoms with van der Waals surface area (Å²) in [6, 6.07) is 4.69. The van der Waals surface area contributed by atoms with Crippen molar-refractivity contribution in [2.75, 3.05) is 0 Å². The number of carboxylic acid groups (broad SMARTS) is 1. The lowest BCUT2D eigenvalue weighted by Crippen LogP contribution is -2.52. The minimum absolute atomic E-state index is 0.0828. The molecule has 1 heterocycles. The highest BCUT2D eigenvalue weighted by molar-refractivity contribution is 8.19. The van der Waals surface area contributed by atoms with Crippen LogP contribution in [0.5, 0.6) is 0 Å². The Morgan fingerprint density at radius 2 is 2.08 bits per heavy atom. The predicted molar refractivity (Wildman–Crippen MR) is 92.1 cm³/mol. The smallest absolute Gasteiger partial charge is 0.292 e. The molecule has 24 heavy (non-hydrogen) atoms. The van der Waals surface area contributed by atoms with Gasteiger partial charge in [-0.05, 0) is 29.3 Å².